The SMILES string of the molecule is C=C/C=C\C=NCCNCCCCC. The summed E-state index contributed by atoms with van der Waals surface area (Å²) < 4.78 is 0. The van der Waals surface area contributed by atoms with Gasteiger partial charge in [-0.2, -0.15) is 0 Å². The van der Waals surface area contributed by atoms with Crippen LogP contribution in [-0.4, -0.2) is 25.8 Å². The minimum absolute atomic E-state index is 0.855. The quantitative estimate of drug-likeness (QED) is 0.340. The van der Waals surface area contributed by atoms with E-state index in [0.29, 0.717) is 0 Å². The van der Waals surface area contributed by atoms with Crippen molar-refractivity contribution in [1.82, 2.24) is 5.32 Å². The Balaban J connectivity index is 3.08. The molecule has 14 heavy (non-hydrogen) atoms. The van der Waals surface area contributed by atoms with E-state index >= 15 is 0 Å². The summed E-state index contributed by atoms with van der Waals surface area (Å²) in [7, 11) is 0. The lowest BCUT2D eigenvalue weighted by molar-refractivity contribution is 0.622. The van der Waals surface area contributed by atoms with E-state index in [1.54, 1.807) is 6.08 Å². The van der Waals surface area contributed by atoms with Crippen molar-refractivity contribution in [1.29, 1.82) is 0 Å². The summed E-state index contributed by atoms with van der Waals surface area (Å²) in [6, 6.07) is 0. The summed E-state index contributed by atoms with van der Waals surface area (Å²) in [6.45, 7) is 8.74. The molecule has 0 atom stereocenters. The molecule has 0 aliphatic heterocycles. The van der Waals surface area contributed by atoms with Crippen LogP contribution in [0.25, 0.3) is 0 Å². The molecule has 0 aliphatic rings. The summed E-state index contributed by atoms with van der Waals surface area (Å²) in [5.74, 6) is 0. The first kappa shape index (κ1) is 13.1. The highest BCUT2D eigenvalue weighted by molar-refractivity contribution is 5.71. The Morgan fingerprint density at radius 2 is 2.07 bits per heavy atom. The Labute approximate surface area is 87.8 Å². The molecule has 0 heterocycles. The van der Waals surface area contributed by atoms with E-state index in [1.165, 1.54) is 19.3 Å². The van der Waals surface area contributed by atoms with Crippen LogP contribution in [0.5, 0.6) is 0 Å². The average molecular weight is 194 g/mol. The van der Waals surface area contributed by atoms with E-state index in [0.717, 1.165) is 19.6 Å². The molecule has 0 spiro atoms. The Kier molecular flexibility index (Phi) is 11.3. The molecule has 0 radical (unpaired) electrons. The fourth-order valence-electron chi connectivity index (χ4n) is 1.03. The third-order valence-corrected chi connectivity index (χ3v) is 1.81. The highest BCUT2D eigenvalue weighted by Gasteiger charge is 1.85. The summed E-state index contributed by atoms with van der Waals surface area (Å²) >= 11 is 0. The largest absolute Gasteiger partial charge is 0.315 e. The van der Waals surface area contributed by atoms with Crippen LogP contribution in [0.2, 0.25) is 0 Å². The molecule has 2 heteroatoms. The predicted molar refractivity (Wildman–Crippen MR) is 65.1 cm³/mol. The number of nitrogens with one attached hydrogen (secondary N) is 1. The van der Waals surface area contributed by atoms with Crippen molar-refractivity contribution in [2.24, 2.45) is 4.99 Å². The molecule has 0 saturated carbocycles. The molecule has 0 aromatic carbocycles. The Bertz CT molecular complexity index is 171. The summed E-state index contributed by atoms with van der Waals surface area (Å²) in [6.07, 6.45) is 11.2. The van der Waals surface area contributed by atoms with Gasteiger partial charge in [-0.15, -0.1) is 0 Å². The summed E-state index contributed by atoms with van der Waals surface area (Å²) in [5, 5.41) is 3.35. The van der Waals surface area contributed by atoms with Crippen molar-refractivity contribution in [3.8, 4) is 0 Å². The molecule has 0 saturated heterocycles. The monoisotopic (exact) mass is 194 g/mol. The van der Waals surface area contributed by atoms with Gasteiger partial charge >= 0.3 is 0 Å². The number of rotatable bonds is 9. The van der Waals surface area contributed by atoms with E-state index in [9.17, 15) is 0 Å². The Hall–Kier alpha value is -0.890. The lowest BCUT2D eigenvalue weighted by Gasteiger charge is -2.00. The molecule has 1 N–H and O–H groups in total. The average Bonchev–Trinajstić information content (AvgIpc) is 2.21. The molecule has 0 rings (SSSR count). The molecule has 0 aromatic rings. The van der Waals surface area contributed by atoms with Gasteiger partial charge in [-0.3, -0.25) is 4.99 Å². The van der Waals surface area contributed by atoms with Gasteiger partial charge in [0.2, 0.25) is 0 Å². The van der Waals surface area contributed by atoms with Gasteiger partial charge in [0.25, 0.3) is 0 Å². The number of unbranched alkanes of at least 4 members (excludes halogenated alkanes) is 2. The number of hydrogen-bond acceptors (Lipinski definition) is 2. The molecular formula is C12H22N2. The highest BCUT2D eigenvalue weighted by Crippen LogP contribution is 1.90. The molecule has 0 unspecified atom stereocenters. The van der Waals surface area contributed by atoms with Gasteiger partial charge in [0.15, 0.2) is 0 Å². The molecule has 0 bridgehead atoms. The number of aliphatic imine (C=N–C) groups is 1. The molecule has 2 nitrogen and oxygen atoms in total. The van der Waals surface area contributed by atoms with Crippen molar-refractivity contribution in [3.05, 3.63) is 24.8 Å². The van der Waals surface area contributed by atoms with Crippen molar-refractivity contribution in [2.45, 2.75) is 26.2 Å². The number of hydrogen-bond donors (Lipinski definition) is 1. The van der Waals surface area contributed by atoms with Crippen molar-refractivity contribution < 1.29 is 0 Å². The third-order valence-electron chi connectivity index (χ3n) is 1.81. The lowest BCUT2D eigenvalue weighted by Crippen LogP contribution is -2.18. The second-order valence-electron chi connectivity index (χ2n) is 3.13. The van der Waals surface area contributed by atoms with Crippen LogP contribution in [0.1, 0.15) is 26.2 Å². The zero-order chi connectivity index (χ0) is 10.5. The Morgan fingerprint density at radius 1 is 1.21 bits per heavy atom. The number of nitrogens with zero attached hydrogens (tertiary/aromatic N) is 1. The first-order valence-electron chi connectivity index (χ1n) is 5.40. The van der Waals surface area contributed by atoms with Gasteiger partial charge in [-0.1, -0.05) is 38.5 Å². The zero-order valence-electron chi connectivity index (χ0n) is 9.21. The molecular weight excluding hydrogens is 172 g/mol. The van der Waals surface area contributed by atoms with Crippen LogP contribution in [-0.2, 0) is 0 Å². The van der Waals surface area contributed by atoms with Gasteiger partial charge < -0.3 is 5.32 Å². The zero-order valence-corrected chi connectivity index (χ0v) is 9.21. The fourth-order valence-corrected chi connectivity index (χ4v) is 1.03. The van der Waals surface area contributed by atoms with Gasteiger partial charge in [0.1, 0.15) is 0 Å². The molecule has 0 amide bonds. The fraction of sp³-hybridized carbons (Fsp3) is 0.583. The maximum absolute atomic E-state index is 4.20. The van der Waals surface area contributed by atoms with Crippen molar-refractivity contribution in [3.63, 3.8) is 0 Å². The molecule has 0 aliphatic carbocycles. The Morgan fingerprint density at radius 3 is 2.79 bits per heavy atom. The van der Waals surface area contributed by atoms with Gasteiger partial charge in [0, 0.05) is 12.8 Å². The van der Waals surface area contributed by atoms with Crippen LogP contribution in [0.4, 0.5) is 0 Å². The van der Waals surface area contributed by atoms with E-state index in [-0.39, 0.29) is 0 Å². The minimum Gasteiger partial charge on any atom is -0.315 e. The van der Waals surface area contributed by atoms with Crippen LogP contribution in [0.15, 0.2) is 29.8 Å². The van der Waals surface area contributed by atoms with Crippen LogP contribution in [0.3, 0.4) is 0 Å². The maximum atomic E-state index is 4.20. The van der Waals surface area contributed by atoms with Gasteiger partial charge in [-0.05, 0) is 19.0 Å². The summed E-state index contributed by atoms with van der Waals surface area (Å²) in [4.78, 5) is 4.20. The lowest BCUT2D eigenvalue weighted by atomic mass is 10.2. The smallest absolute Gasteiger partial charge is 0.0514 e. The first-order chi connectivity index (χ1) is 6.91. The molecule has 80 valence electrons. The van der Waals surface area contributed by atoms with E-state index in [4.69, 9.17) is 0 Å². The summed E-state index contributed by atoms with van der Waals surface area (Å²) in [5.41, 5.74) is 0. The van der Waals surface area contributed by atoms with Gasteiger partial charge in [0.05, 0.1) is 6.54 Å². The third kappa shape index (κ3) is 11.1. The van der Waals surface area contributed by atoms with E-state index in [1.807, 2.05) is 18.4 Å². The standard InChI is InChI=1S/C12H22N2/c1-3-5-7-9-13-11-12-14-10-8-6-4-2/h3,5,7,9,14H,1,4,6,8,10-12H2,2H3/b7-5-,13-9?. The second-order valence-corrected chi connectivity index (χ2v) is 3.13. The highest BCUT2D eigenvalue weighted by atomic mass is 14.9. The maximum Gasteiger partial charge on any atom is 0.0514 e. The van der Waals surface area contributed by atoms with Crippen LogP contribution in [0, 0.1) is 0 Å². The first-order valence-corrected chi connectivity index (χ1v) is 5.40. The van der Waals surface area contributed by atoms with E-state index < -0.39 is 0 Å². The second kappa shape index (κ2) is 12.1. The minimum atomic E-state index is 0.855. The molecule has 0 fully saturated rings. The number of allylic oxidation sites excluding steroid dienone is 3. The van der Waals surface area contributed by atoms with E-state index in [2.05, 4.69) is 23.8 Å². The van der Waals surface area contributed by atoms with Crippen LogP contribution < -0.4 is 5.32 Å². The normalized spacial score (nSPS) is 11.5. The van der Waals surface area contributed by atoms with Crippen LogP contribution >= 0.6 is 0 Å². The molecule has 0 aromatic heterocycles. The van der Waals surface area contributed by atoms with Crippen molar-refractivity contribution >= 4 is 6.21 Å². The van der Waals surface area contributed by atoms with Crippen molar-refractivity contribution in [2.75, 3.05) is 19.6 Å². The topological polar surface area (TPSA) is 24.4 Å². The predicted octanol–water partition coefficient (Wildman–Crippen LogP) is 2.58. The van der Waals surface area contributed by atoms with Gasteiger partial charge in [-0.25, -0.2) is 0 Å².